The van der Waals surface area contributed by atoms with E-state index in [0.717, 1.165) is 0 Å². The lowest BCUT2D eigenvalue weighted by Gasteiger charge is -2.15. The molecule has 1 saturated carbocycles. The number of aliphatic carboxylic acids is 1. The molecule has 1 fully saturated rings. The van der Waals surface area contributed by atoms with Gasteiger partial charge in [0.1, 0.15) is 5.75 Å². The van der Waals surface area contributed by atoms with E-state index >= 15 is 0 Å². The maximum absolute atomic E-state index is 12.1. The first kappa shape index (κ1) is 15.2. The number of hydrogen-bond acceptors (Lipinski definition) is 3. The first-order valence-electron chi connectivity index (χ1n) is 6.56. The molecule has 1 aliphatic carbocycles. The predicted octanol–water partition coefficient (Wildman–Crippen LogP) is 2.73. The Morgan fingerprint density at radius 1 is 1.19 bits per heavy atom. The van der Waals surface area contributed by atoms with Gasteiger partial charge in [0.15, 0.2) is 0 Å². The molecule has 0 spiro atoms. The van der Waals surface area contributed by atoms with E-state index in [-0.39, 0.29) is 11.7 Å². The highest BCUT2D eigenvalue weighted by molar-refractivity contribution is 5.95. The van der Waals surface area contributed by atoms with Crippen molar-refractivity contribution >= 4 is 17.6 Å². The molecule has 0 saturated heterocycles. The van der Waals surface area contributed by atoms with E-state index in [0.29, 0.717) is 24.9 Å². The normalized spacial score (nSPS) is 21.3. The van der Waals surface area contributed by atoms with Crippen LogP contribution >= 0.6 is 0 Å². The van der Waals surface area contributed by atoms with E-state index in [1.807, 2.05) is 0 Å². The van der Waals surface area contributed by atoms with Crippen molar-refractivity contribution < 1.29 is 28.2 Å². The fourth-order valence-electron chi connectivity index (χ4n) is 2.52. The molecule has 114 valence electrons. The first-order valence-corrected chi connectivity index (χ1v) is 6.56. The molecule has 2 N–H and O–H groups in total. The summed E-state index contributed by atoms with van der Waals surface area (Å²) in [6.45, 7) is -2.90. The van der Waals surface area contributed by atoms with Crippen molar-refractivity contribution in [1.29, 1.82) is 0 Å². The van der Waals surface area contributed by atoms with Crippen molar-refractivity contribution in [2.75, 3.05) is 5.32 Å². The van der Waals surface area contributed by atoms with Gasteiger partial charge in [0.2, 0.25) is 5.91 Å². The Bertz CT molecular complexity index is 518. The van der Waals surface area contributed by atoms with Gasteiger partial charge in [-0.3, -0.25) is 9.59 Å². The summed E-state index contributed by atoms with van der Waals surface area (Å²) in [5.74, 6) is -2.55. The number of alkyl halides is 2. The highest BCUT2D eigenvalue weighted by Crippen LogP contribution is 2.33. The van der Waals surface area contributed by atoms with Gasteiger partial charge in [0.05, 0.1) is 11.8 Å². The number of hydrogen-bond donors (Lipinski definition) is 2. The van der Waals surface area contributed by atoms with Crippen molar-refractivity contribution in [3.8, 4) is 5.75 Å². The third-order valence-corrected chi connectivity index (χ3v) is 3.52. The minimum absolute atomic E-state index is 0.00715. The number of ether oxygens (including phenoxy) is 1. The molecule has 0 heterocycles. The molecule has 5 nitrogen and oxygen atoms in total. The standard InChI is InChI=1S/C14H15F2NO4/c15-14(16)21-9-6-4-8(5-7-9)17-12(18)10-2-1-3-11(10)13(19)20/h4-7,10-11,14H,1-3H2,(H,17,18)(H,19,20)/t10-,11+/m1/s1. The fraction of sp³-hybridized carbons (Fsp3) is 0.429. The molecule has 0 aliphatic heterocycles. The minimum Gasteiger partial charge on any atom is -0.481 e. The van der Waals surface area contributed by atoms with Gasteiger partial charge in [0, 0.05) is 5.69 Å². The summed E-state index contributed by atoms with van der Waals surface area (Å²) in [6.07, 6.45) is 1.74. The van der Waals surface area contributed by atoms with Crippen LogP contribution in [0.2, 0.25) is 0 Å². The lowest BCUT2D eigenvalue weighted by Crippen LogP contribution is -2.29. The summed E-state index contributed by atoms with van der Waals surface area (Å²) in [5, 5.41) is 11.7. The highest BCUT2D eigenvalue weighted by Gasteiger charge is 2.37. The van der Waals surface area contributed by atoms with E-state index in [9.17, 15) is 18.4 Å². The van der Waals surface area contributed by atoms with Crippen molar-refractivity contribution in [3.63, 3.8) is 0 Å². The number of amides is 1. The van der Waals surface area contributed by atoms with E-state index in [2.05, 4.69) is 10.1 Å². The Hall–Kier alpha value is -2.18. The van der Waals surface area contributed by atoms with Gasteiger partial charge in [-0.05, 0) is 37.1 Å². The van der Waals surface area contributed by atoms with Gasteiger partial charge in [-0.1, -0.05) is 6.42 Å². The molecular weight excluding hydrogens is 284 g/mol. The molecule has 1 aliphatic rings. The molecule has 0 radical (unpaired) electrons. The Labute approximate surface area is 119 Å². The topological polar surface area (TPSA) is 75.6 Å². The van der Waals surface area contributed by atoms with Crippen molar-refractivity contribution in [2.24, 2.45) is 11.8 Å². The number of carboxylic acid groups (broad SMARTS) is 1. The second-order valence-corrected chi connectivity index (χ2v) is 4.87. The zero-order valence-corrected chi connectivity index (χ0v) is 11.1. The number of carbonyl (C=O) groups is 2. The number of nitrogens with one attached hydrogen (secondary N) is 1. The average molecular weight is 299 g/mol. The maximum atomic E-state index is 12.1. The number of carbonyl (C=O) groups excluding carboxylic acids is 1. The zero-order valence-electron chi connectivity index (χ0n) is 11.1. The van der Waals surface area contributed by atoms with Crippen LogP contribution in [0.25, 0.3) is 0 Å². The zero-order chi connectivity index (χ0) is 15.4. The Balaban J connectivity index is 1.97. The quantitative estimate of drug-likeness (QED) is 0.876. The van der Waals surface area contributed by atoms with Gasteiger partial charge < -0.3 is 15.2 Å². The summed E-state index contributed by atoms with van der Waals surface area (Å²) in [4.78, 5) is 23.1. The third kappa shape index (κ3) is 3.90. The Morgan fingerprint density at radius 2 is 1.81 bits per heavy atom. The smallest absolute Gasteiger partial charge is 0.387 e. The second kappa shape index (κ2) is 6.51. The maximum Gasteiger partial charge on any atom is 0.387 e. The van der Waals surface area contributed by atoms with Crippen LogP contribution in [0.5, 0.6) is 5.75 Å². The molecule has 2 rings (SSSR count). The van der Waals surface area contributed by atoms with Crippen LogP contribution in [0, 0.1) is 11.8 Å². The summed E-state index contributed by atoms with van der Waals surface area (Å²) < 4.78 is 28.2. The molecular formula is C14H15F2NO4. The van der Waals surface area contributed by atoms with E-state index < -0.39 is 24.4 Å². The second-order valence-electron chi connectivity index (χ2n) is 4.87. The van der Waals surface area contributed by atoms with Crippen molar-refractivity contribution in [3.05, 3.63) is 24.3 Å². The predicted molar refractivity (Wildman–Crippen MR) is 70.2 cm³/mol. The molecule has 2 atom stereocenters. The summed E-state index contributed by atoms with van der Waals surface area (Å²) in [6, 6.07) is 5.48. The minimum atomic E-state index is -2.90. The molecule has 0 bridgehead atoms. The van der Waals surface area contributed by atoms with Crippen LogP contribution in [0.15, 0.2) is 24.3 Å². The molecule has 21 heavy (non-hydrogen) atoms. The SMILES string of the molecule is O=C(O)[C@H]1CCC[C@H]1C(=O)Nc1ccc(OC(F)F)cc1. The first-order chi connectivity index (χ1) is 9.97. The van der Waals surface area contributed by atoms with Crippen LogP contribution in [0.1, 0.15) is 19.3 Å². The number of benzene rings is 1. The summed E-state index contributed by atoms with van der Waals surface area (Å²) in [5.41, 5.74) is 0.414. The molecule has 1 amide bonds. The lowest BCUT2D eigenvalue weighted by atomic mass is 9.95. The molecule has 7 heteroatoms. The largest absolute Gasteiger partial charge is 0.481 e. The van der Waals surface area contributed by atoms with Crippen LogP contribution in [-0.2, 0) is 9.59 Å². The lowest BCUT2D eigenvalue weighted by molar-refractivity contribution is -0.145. The van der Waals surface area contributed by atoms with Crippen molar-refractivity contribution in [2.45, 2.75) is 25.9 Å². The van der Waals surface area contributed by atoms with Gasteiger partial charge in [-0.15, -0.1) is 0 Å². The molecule has 0 aromatic heterocycles. The Morgan fingerprint density at radius 3 is 2.38 bits per heavy atom. The number of rotatable bonds is 5. The third-order valence-electron chi connectivity index (χ3n) is 3.52. The van der Waals surface area contributed by atoms with Gasteiger partial charge in [-0.2, -0.15) is 8.78 Å². The fourth-order valence-corrected chi connectivity index (χ4v) is 2.52. The number of halogens is 2. The van der Waals surface area contributed by atoms with Crippen LogP contribution in [0.4, 0.5) is 14.5 Å². The van der Waals surface area contributed by atoms with Gasteiger partial charge >= 0.3 is 12.6 Å². The number of carboxylic acids is 1. The van der Waals surface area contributed by atoms with Gasteiger partial charge in [-0.25, -0.2) is 0 Å². The molecule has 1 aromatic carbocycles. The average Bonchev–Trinajstić information content (AvgIpc) is 2.90. The van der Waals surface area contributed by atoms with E-state index in [1.54, 1.807) is 0 Å². The molecule has 1 aromatic rings. The number of anilines is 1. The van der Waals surface area contributed by atoms with Crippen LogP contribution in [0.3, 0.4) is 0 Å². The summed E-state index contributed by atoms with van der Waals surface area (Å²) in [7, 11) is 0. The highest BCUT2D eigenvalue weighted by atomic mass is 19.3. The van der Waals surface area contributed by atoms with Crippen LogP contribution < -0.4 is 10.1 Å². The van der Waals surface area contributed by atoms with Gasteiger partial charge in [0.25, 0.3) is 0 Å². The Kier molecular flexibility index (Phi) is 4.72. The van der Waals surface area contributed by atoms with Crippen molar-refractivity contribution in [1.82, 2.24) is 0 Å². The monoisotopic (exact) mass is 299 g/mol. The van der Waals surface area contributed by atoms with E-state index in [4.69, 9.17) is 5.11 Å². The molecule has 0 unspecified atom stereocenters. The summed E-state index contributed by atoms with van der Waals surface area (Å²) >= 11 is 0. The van der Waals surface area contributed by atoms with E-state index in [1.165, 1.54) is 24.3 Å². The van der Waals surface area contributed by atoms with Crippen LogP contribution in [-0.4, -0.2) is 23.6 Å².